The Labute approximate surface area is 208 Å². The SMILES string of the molecule is Cc1ccc(NS(=O)(=O)c2cc(C(=O)NCCOc3ccccc3C(C)(C)C)ccc2C)cc1C. The van der Waals surface area contributed by atoms with E-state index in [2.05, 4.69) is 30.8 Å². The van der Waals surface area contributed by atoms with E-state index in [-0.39, 0.29) is 28.3 Å². The Morgan fingerprint density at radius 2 is 1.57 bits per heavy atom. The second kappa shape index (κ2) is 10.5. The van der Waals surface area contributed by atoms with Crippen LogP contribution in [0.3, 0.4) is 0 Å². The van der Waals surface area contributed by atoms with Crippen LogP contribution in [0.2, 0.25) is 0 Å². The number of para-hydroxylation sites is 1. The van der Waals surface area contributed by atoms with Gasteiger partial charge in [-0.15, -0.1) is 0 Å². The van der Waals surface area contributed by atoms with Gasteiger partial charge in [0.1, 0.15) is 12.4 Å². The molecule has 3 rings (SSSR count). The number of anilines is 1. The third-order valence-corrected chi connectivity index (χ3v) is 7.36. The summed E-state index contributed by atoms with van der Waals surface area (Å²) in [6.45, 7) is 12.5. The molecule has 1 amide bonds. The Bertz CT molecular complexity index is 1330. The summed E-state index contributed by atoms with van der Waals surface area (Å²) in [6.07, 6.45) is 0. The molecular formula is C28H34N2O4S. The van der Waals surface area contributed by atoms with Crippen LogP contribution in [0.25, 0.3) is 0 Å². The van der Waals surface area contributed by atoms with Crippen LogP contribution in [0, 0.1) is 20.8 Å². The highest BCUT2D eigenvalue weighted by molar-refractivity contribution is 7.92. The molecule has 0 aliphatic carbocycles. The lowest BCUT2D eigenvalue weighted by atomic mass is 9.86. The molecule has 0 fully saturated rings. The minimum absolute atomic E-state index is 0.0606. The molecule has 0 atom stereocenters. The summed E-state index contributed by atoms with van der Waals surface area (Å²) < 4.78 is 34.7. The third-order valence-electron chi connectivity index (χ3n) is 5.84. The minimum Gasteiger partial charge on any atom is -0.491 e. The van der Waals surface area contributed by atoms with Crippen molar-refractivity contribution < 1.29 is 17.9 Å². The van der Waals surface area contributed by atoms with Crippen molar-refractivity contribution >= 4 is 21.6 Å². The number of benzene rings is 3. The fourth-order valence-electron chi connectivity index (χ4n) is 3.69. The fraction of sp³-hybridized carbons (Fsp3) is 0.321. The number of hydrogen-bond donors (Lipinski definition) is 2. The van der Waals surface area contributed by atoms with Gasteiger partial charge in [-0.3, -0.25) is 9.52 Å². The predicted molar refractivity (Wildman–Crippen MR) is 141 cm³/mol. The molecular weight excluding hydrogens is 460 g/mol. The number of carbonyl (C=O) groups is 1. The molecule has 0 aliphatic heterocycles. The molecule has 0 aromatic heterocycles. The molecule has 2 N–H and O–H groups in total. The van der Waals surface area contributed by atoms with Crippen LogP contribution in [0.4, 0.5) is 5.69 Å². The zero-order chi connectivity index (χ0) is 25.8. The van der Waals surface area contributed by atoms with E-state index in [0.29, 0.717) is 17.9 Å². The number of aryl methyl sites for hydroxylation is 3. The van der Waals surface area contributed by atoms with E-state index in [1.165, 1.54) is 6.07 Å². The van der Waals surface area contributed by atoms with Gasteiger partial charge < -0.3 is 10.1 Å². The molecule has 0 bridgehead atoms. The van der Waals surface area contributed by atoms with Gasteiger partial charge in [-0.1, -0.05) is 51.1 Å². The number of amides is 1. The normalized spacial score (nSPS) is 11.7. The predicted octanol–water partition coefficient (Wildman–Crippen LogP) is 5.52. The van der Waals surface area contributed by atoms with Gasteiger partial charge in [-0.2, -0.15) is 0 Å². The first-order valence-corrected chi connectivity index (χ1v) is 13.1. The van der Waals surface area contributed by atoms with Gasteiger partial charge in [-0.05, 0) is 78.8 Å². The number of ether oxygens (including phenoxy) is 1. The summed E-state index contributed by atoms with van der Waals surface area (Å²) in [5, 5.41) is 2.81. The lowest BCUT2D eigenvalue weighted by molar-refractivity contribution is 0.0946. The molecule has 3 aromatic carbocycles. The molecule has 0 radical (unpaired) electrons. The standard InChI is InChI=1S/C28H34N2O4S/c1-19-12-14-23(17-21(19)3)30-35(32,33)26-18-22(13-11-20(26)2)27(31)29-15-16-34-25-10-8-7-9-24(25)28(4,5)6/h7-14,17-18,30H,15-16H2,1-6H3,(H,29,31). The summed E-state index contributed by atoms with van der Waals surface area (Å²) >= 11 is 0. The van der Waals surface area contributed by atoms with Crippen molar-refractivity contribution in [3.05, 3.63) is 88.5 Å². The largest absolute Gasteiger partial charge is 0.491 e. The van der Waals surface area contributed by atoms with Crippen molar-refractivity contribution in [2.75, 3.05) is 17.9 Å². The van der Waals surface area contributed by atoms with Crippen LogP contribution in [-0.2, 0) is 15.4 Å². The lowest BCUT2D eigenvalue weighted by Crippen LogP contribution is -2.28. The van der Waals surface area contributed by atoms with Crippen molar-refractivity contribution in [2.45, 2.75) is 51.9 Å². The van der Waals surface area contributed by atoms with E-state index in [1.54, 1.807) is 31.2 Å². The average Bonchev–Trinajstić information content (AvgIpc) is 2.78. The molecule has 3 aromatic rings. The Balaban J connectivity index is 1.67. The van der Waals surface area contributed by atoms with Crippen molar-refractivity contribution in [1.82, 2.24) is 5.32 Å². The van der Waals surface area contributed by atoms with Crippen molar-refractivity contribution in [1.29, 1.82) is 0 Å². The van der Waals surface area contributed by atoms with Crippen LogP contribution in [0.5, 0.6) is 5.75 Å². The topological polar surface area (TPSA) is 84.5 Å². The fourth-order valence-corrected chi connectivity index (χ4v) is 5.01. The quantitative estimate of drug-likeness (QED) is 0.404. The van der Waals surface area contributed by atoms with E-state index in [9.17, 15) is 13.2 Å². The molecule has 35 heavy (non-hydrogen) atoms. The highest BCUT2D eigenvalue weighted by atomic mass is 32.2. The molecule has 0 heterocycles. The van der Waals surface area contributed by atoms with Gasteiger partial charge in [0.2, 0.25) is 0 Å². The highest BCUT2D eigenvalue weighted by Gasteiger charge is 2.20. The third kappa shape index (κ3) is 6.63. The van der Waals surface area contributed by atoms with Crippen molar-refractivity contribution in [2.24, 2.45) is 0 Å². The molecule has 6 nitrogen and oxygen atoms in total. The summed E-state index contributed by atoms with van der Waals surface area (Å²) in [7, 11) is -3.86. The molecule has 0 aliphatic rings. The van der Waals surface area contributed by atoms with Gasteiger partial charge >= 0.3 is 0 Å². The first-order chi connectivity index (χ1) is 16.4. The van der Waals surface area contributed by atoms with E-state index in [1.807, 2.05) is 44.2 Å². The maximum atomic E-state index is 13.1. The van der Waals surface area contributed by atoms with Crippen molar-refractivity contribution in [3.8, 4) is 5.75 Å². The number of rotatable bonds is 8. The van der Waals surface area contributed by atoms with Crippen LogP contribution < -0.4 is 14.8 Å². The second-order valence-electron chi connectivity index (χ2n) is 9.74. The Hall–Kier alpha value is -3.32. The Kier molecular flexibility index (Phi) is 7.90. The second-order valence-corrected chi connectivity index (χ2v) is 11.4. The van der Waals surface area contributed by atoms with E-state index in [4.69, 9.17) is 4.74 Å². The number of hydrogen-bond acceptors (Lipinski definition) is 4. The molecule has 0 spiro atoms. The molecule has 0 saturated carbocycles. The zero-order valence-electron chi connectivity index (χ0n) is 21.2. The van der Waals surface area contributed by atoms with Gasteiger partial charge in [0.25, 0.3) is 15.9 Å². The van der Waals surface area contributed by atoms with E-state index >= 15 is 0 Å². The summed E-state index contributed by atoms with van der Waals surface area (Å²) in [4.78, 5) is 12.8. The van der Waals surface area contributed by atoms with Gasteiger partial charge in [0, 0.05) is 11.3 Å². The first-order valence-electron chi connectivity index (χ1n) is 11.6. The minimum atomic E-state index is -3.86. The van der Waals surface area contributed by atoms with Crippen LogP contribution in [-0.4, -0.2) is 27.5 Å². The average molecular weight is 495 g/mol. The number of nitrogens with one attached hydrogen (secondary N) is 2. The summed E-state index contributed by atoms with van der Waals surface area (Å²) in [5.74, 6) is 0.427. The van der Waals surface area contributed by atoms with E-state index < -0.39 is 10.0 Å². The maximum Gasteiger partial charge on any atom is 0.262 e. The van der Waals surface area contributed by atoms with Crippen LogP contribution >= 0.6 is 0 Å². The van der Waals surface area contributed by atoms with Crippen LogP contribution in [0.1, 0.15) is 53.4 Å². The zero-order valence-corrected chi connectivity index (χ0v) is 22.0. The van der Waals surface area contributed by atoms with Crippen LogP contribution in [0.15, 0.2) is 65.6 Å². The summed E-state index contributed by atoms with van der Waals surface area (Å²) in [5.41, 5.74) is 4.41. The summed E-state index contributed by atoms with van der Waals surface area (Å²) in [6, 6.07) is 17.9. The van der Waals surface area contributed by atoms with Gasteiger partial charge in [-0.25, -0.2) is 8.42 Å². The Morgan fingerprint density at radius 3 is 2.26 bits per heavy atom. The molecule has 0 saturated heterocycles. The van der Waals surface area contributed by atoms with Crippen molar-refractivity contribution in [3.63, 3.8) is 0 Å². The monoisotopic (exact) mass is 494 g/mol. The maximum absolute atomic E-state index is 13.1. The molecule has 7 heteroatoms. The lowest BCUT2D eigenvalue weighted by Gasteiger charge is -2.22. The number of carbonyl (C=O) groups excluding carboxylic acids is 1. The van der Waals surface area contributed by atoms with Gasteiger partial charge in [0.05, 0.1) is 11.4 Å². The molecule has 186 valence electrons. The number of sulfonamides is 1. The van der Waals surface area contributed by atoms with E-state index in [0.717, 1.165) is 22.4 Å². The first kappa shape index (κ1) is 26.3. The molecule has 0 unspecified atom stereocenters. The van der Waals surface area contributed by atoms with Gasteiger partial charge in [0.15, 0.2) is 0 Å². The smallest absolute Gasteiger partial charge is 0.262 e. The highest BCUT2D eigenvalue weighted by Crippen LogP contribution is 2.30. The Morgan fingerprint density at radius 1 is 0.886 bits per heavy atom.